The Morgan fingerprint density at radius 3 is 2.50 bits per heavy atom. The van der Waals surface area contributed by atoms with Crippen LogP contribution in [0, 0.1) is 0 Å². The van der Waals surface area contributed by atoms with Crippen LogP contribution in [0.25, 0.3) is 0 Å². The topological polar surface area (TPSA) is 69.4 Å². The van der Waals surface area contributed by atoms with Crippen molar-refractivity contribution < 1.29 is 13.2 Å². The van der Waals surface area contributed by atoms with Gasteiger partial charge in [0, 0.05) is 24.3 Å². The van der Waals surface area contributed by atoms with E-state index in [1.165, 1.54) is 6.26 Å². The molecule has 1 aliphatic heterocycles. The van der Waals surface area contributed by atoms with Crippen molar-refractivity contribution in [3.63, 3.8) is 0 Å². The maximum absolute atomic E-state index is 12.5. The highest BCUT2D eigenvalue weighted by Gasteiger charge is 2.40. The molecule has 6 heteroatoms. The molecule has 2 N–H and O–H groups in total. The summed E-state index contributed by atoms with van der Waals surface area (Å²) in [6.45, 7) is 3.50. The van der Waals surface area contributed by atoms with Crippen LogP contribution in [0.4, 0.5) is 5.69 Å². The lowest BCUT2D eigenvalue weighted by Crippen LogP contribution is -2.50. The van der Waals surface area contributed by atoms with E-state index < -0.39 is 10.0 Å². The Morgan fingerprint density at radius 1 is 1.21 bits per heavy atom. The molecule has 1 aliphatic rings. The van der Waals surface area contributed by atoms with E-state index in [1.807, 2.05) is 36.4 Å². The first-order chi connectivity index (χ1) is 11.4. The summed E-state index contributed by atoms with van der Waals surface area (Å²) < 4.78 is 30.5. The average Bonchev–Trinajstić information content (AvgIpc) is 2.58. The molecule has 0 bridgehead atoms. The van der Waals surface area contributed by atoms with Crippen molar-refractivity contribution in [1.82, 2.24) is 3.89 Å². The molecule has 1 unspecified atom stereocenters. The van der Waals surface area contributed by atoms with Crippen LogP contribution in [0.2, 0.25) is 0 Å². The van der Waals surface area contributed by atoms with Crippen molar-refractivity contribution in [3.8, 4) is 5.75 Å². The number of ether oxygens (including phenoxy) is 1. The van der Waals surface area contributed by atoms with Crippen molar-refractivity contribution in [2.45, 2.75) is 26.2 Å². The number of benzene rings is 1. The third kappa shape index (κ3) is 4.06. The molecule has 0 amide bonds. The van der Waals surface area contributed by atoms with Crippen LogP contribution in [-0.4, -0.2) is 34.4 Å². The van der Waals surface area contributed by atoms with E-state index in [9.17, 15) is 8.42 Å². The Labute approximate surface area is 145 Å². The molecule has 1 aromatic carbocycles. The van der Waals surface area contributed by atoms with Gasteiger partial charge in [0.2, 0.25) is 0 Å². The van der Waals surface area contributed by atoms with Gasteiger partial charge < -0.3 is 10.5 Å². The molecule has 132 valence electrons. The number of nitrogens with zero attached hydrogens (tertiary/aromatic N) is 1. The third-order valence-electron chi connectivity index (χ3n) is 4.20. The van der Waals surface area contributed by atoms with Crippen LogP contribution in [0.1, 0.15) is 26.2 Å². The summed E-state index contributed by atoms with van der Waals surface area (Å²) in [5, 5.41) is 0. The van der Waals surface area contributed by atoms with Gasteiger partial charge in [-0.25, -0.2) is 0 Å². The SMILES string of the molecule is CCCCCOc1ccc([N+]2(S(C)(=O)=O)C=C(CN)C=CC2)cc1. The van der Waals surface area contributed by atoms with Crippen molar-refractivity contribution in [1.29, 1.82) is 0 Å². The van der Waals surface area contributed by atoms with Crippen LogP contribution in [-0.2, 0) is 10.0 Å². The van der Waals surface area contributed by atoms with Crippen molar-refractivity contribution in [2.75, 3.05) is 26.0 Å². The molecular formula is C18H27N2O3S+. The lowest BCUT2D eigenvalue weighted by Gasteiger charge is -2.33. The van der Waals surface area contributed by atoms with Gasteiger partial charge in [-0.15, -0.1) is 0 Å². The second-order valence-corrected chi connectivity index (χ2v) is 8.19. The fourth-order valence-electron chi connectivity index (χ4n) is 2.78. The average molecular weight is 351 g/mol. The molecule has 1 heterocycles. The summed E-state index contributed by atoms with van der Waals surface area (Å²) in [6, 6.07) is 7.31. The Hall–Kier alpha value is -1.63. The zero-order chi connectivity index (χ0) is 17.6. The minimum absolute atomic E-state index is 0.244. The number of sulfonamides is 1. The Balaban J connectivity index is 2.26. The highest BCUT2D eigenvalue weighted by molar-refractivity contribution is 7.90. The Morgan fingerprint density at radius 2 is 1.92 bits per heavy atom. The van der Waals surface area contributed by atoms with E-state index in [0.29, 0.717) is 25.4 Å². The van der Waals surface area contributed by atoms with Crippen molar-refractivity contribution in [3.05, 3.63) is 48.2 Å². The standard InChI is InChI=1S/C18H27N2O3S/c1-3-4-5-13-23-18-10-8-17(9-11-18)20(24(2,21)22)12-6-7-16(14-19)15-20/h6-11,15H,3-5,12-14,19H2,1-2H3/q+1. The monoisotopic (exact) mass is 351 g/mol. The summed E-state index contributed by atoms with van der Waals surface area (Å²) >= 11 is 0. The minimum Gasteiger partial charge on any atom is -0.494 e. The highest BCUT2D eigenvalue weighted by atomic mass is 32.2. The first-order valence-corrected chi connectivity index (χ1v) is 10.2. The number of nitrogens with two attached hydrogens (primary N) is 1. The van der Waals surface area contributed by atoms with Gasteiger partial charge in [-0.2, -0.15) is 12.3 Å². The van der Waals surface area contributed by atoms with Crippen LogP contribution >= 0.6 is 0 Å². The van der Waals surface area contributed by atoms with Gasteiger partial charge >= 0.3 is 10.0 Å². The zero-order valence-corrected chi connectivity index (χ0v) is 15.3. The Kier molecular flexibility index (Phi) is 6.21. The van der Waals surface area contributed by atoms with Gasteiger partial charge in [0.05, 0.1) is 12.9 Å². The highest BCUT2D eigenvalue weighted by Crippen LogP contribution is 2.32. The number of hydrogen-bond acceptors (Lipinski definition) is 4. The summed E-state index contributed by atoms with van der Waals surface area (Å²) in [5.74, 6) is 0.761. The largest absolute Gasteiger partial charge is 0.494 e. The van der Waals surface area contributed by atoms with Crippen LogP contribution < -0.4 is 14.4 Å². The molecule has 0 aromatic heterocycles. The van der Waals surface area contributed by atoms with E-state index in [-0.39, 0.29) is 3.89 Å². The van der Waals surface area contributed by atoms with E-state index in [2.05, 4.69) is 6.92 Å². The van der Waals surface area contributed by atoms with Crippen molar-refractivity contribution in [2.24, 2.45) is 5.73 Å². The van der Waals surface area contributed by atoms with Crippen LogP contribution in [0.15, 0.2) is 48.2 Å². The normalized spacial score (nSPS) is 20.7. The van der Waals surface area contributed by atoms with E-state index in [4.69, 9.17) is 10.5 Å². The molecule has 2 rings (SSSR count). The van der Waals surface area contributed by atoms with Gasteiger partial charge in [-0.1, -0.05) is 25.8 Å². The smallest absolute Gasteiger partial charge is 0.303 e. The number of rotatable bonds is 8. The fraction of sp³-hybridized carbons (Fsp3) is 0.444. The van der Waals surface area contributed by atoms with Crippen LogP contribution in [0.3, 0.4) is 0 Å². The molecule has 24 heavy (non-hydrogen) atoms. The lowest BCUT2D eigenvalue weighted by atomic mass is 10.2. The van der Waals surface area contributed by atoms with Gasteiger partial charge in [-0.3, -0.25) is 0 Å². The van der Waals surface area contributed by atoms with Crippen molar-refractivity contribution >= 4 is 15.7 Å². The van der Waals surface area contributed by atoms with Gasteiger partial charge in [0.1, 0.15) is 18.5 Å². The summed E-state index contributed by atoms with van der Waals surface area (Å²) in [5.41, 5.74) is 7.21. The minimum atomic E-state index is -3.41. The first kappa shape index (κ1) is 18.7. The number of quaternary nitrogens is 1. The summed E-state index contributed by atoms with van der Waals surface area (Å²) in [6.07, 6.45) is 10.0. The Bertz CT molecular complexity index is 708. The molecule has 0 saturated heterocycles. The van der Waals surface area contributed by atoms with Gasteiger partial charge in [0.25, 0.3) is 0 Å². The molecular weight excluding hydrogens is 324 g/mol. The van der Waals surface area contributed by atoms with E-state index >= 15 is 0 Å². The zero-order valence-electron chi connectivity index (χ0n) is 14.4. The van der Waals surface area contributed by atoms with Gasteiger partial charge in [-0.05, 0) is 24.6 Å². The molecule has 5 nitrogen and oxygen atoms in total. The molecule has 0 spiro atoms. The molecule has 0 radical (unpaired) electrons. The molecule has 1 aromatic rings. The summed E-state index contributed by atoms with van der Waals surface area (Å²) in [4.78, 5) is 0. The number of hydrogen-bond donors (Lipinski definition) is 1. The molecule has 1 atom stereocenters. The van der Waals surface area contributed by atoms with Crippen LogP contribution in [0.5, 0.6) is 5.75 Å². The predicted octanol–water partition coefficient (Wildman–Crippen LogP) is 2.93. The first-order valence-electron chi connectivity index (χ1n) is 8.32. The molecule has 0 aliphatic carbocycles. The molecule has 0 saturated carbocycles. The quantitative estimate of drug-likeness (QED) is 0.577. The molecule has 0 fully saturated rings. The second kappa shape index (κ2) is 7.96. The lowest BCUT2D eigenvalue weighted by molar-refractivity contribution is 0.306. The predicted molar refractivity (Wildman–Crippen MR) is 99.2 cm³/mol. The second-order valence-electron chi connectivity index (χ2n) is 6.07. The van der Waals surface area contributed by atoms with E-state index in [0.717, 1.165) is 30.6 Å². The fourth-order valence-corrected chi connectivity index (χ4v) is 3.97. The maximum atomic E-state index is 12.5. The van der Waals surface area contributed by atoms with E-state index in [1.54, 1.807) is 6.20 Å². The maximum Gasteiger partial charge on any atom is 0.303 e. The summed E-state index contributed by atoms with van der Waals surface area (Å²) in [7, 11) is -3.41. The van der Waals surface area contributed by atoms with Gasteiger partial charge in [0.15, 0.2) is 5.69 Å². The third-order valence-corrected chi connectivity index (χ3v) is 5.85. The number of unbranched alkanes of at least 4 members (excludes halogenated alkanes) is 2.